The predicted molar refractivity (Wildman–Crippen MR) is 127 cm³/mol. The van der Waals surface area contributed by atoms with Crippen LogP contribution in [0.5, 0.6) is 5.75 Å². The predicted octanol–water partition coefficient (Wildman–Crippen LogP) is 2.81. The standard InChI is InChI=1S/C26H33N3O5/c1-7-17-8-9-18(22(10-17)33-6)13-27-25(31)21-11-19(30)14-29(21)26(32)24(16(4)5)23-12-20(15(2)3)28-34-23/h1,8-10,12,15-16,19,21,24,30H,11,13-14H2,2-6H3,(H,27,31)/t19-,21+,24+/m1/s1. The van der Waals surface area contributed by atoms with E-state index in [1.54, 1.807) is 24.3 Å². The van der Waals surface area contributed by atoms with Gasteiger partial charge in [-0.25, -0.2) is 0 Å². The second-order valence-corrected chi connectivity index (χ2v) is 9.32. The zero-order valence-corrected chi connectivity index (χ0v) is 20.4. The summed E-state index contributed by atoms with van der Waals surface area (Å²) in [6, 6.07) is 6.32. The lowest BCUT2D eigenvalue weighted by Crippen LogP contribution is -2.48. The van der Waals surface area contributed by atoms with Gasteiger partial charge in [0.05, 0.1) is 18.9 Å². The summed E-state index contributed by atoms with van der Waals surface area (Å²) in [7, 11) is 1.54. The molecule has 2 amide bonds. The Morgan fingerprint density at radius 2 is 2.06 bits per heavy atom. The quantitative estimate of drug-likeness (QED) is 0.579. The average molecular weight is 468 g/mol. The van der Waals surface area contributed by atoms with E-state index in [4.69, 9.17) is 15.7 Å². The minimum Gasteiger partial charge on any atom is -0.496 e. The zero-order chi connectivity index (χ0) is 25.0. The number of likely N-dealkylation sites (tertiary alicyclic amines) is 1. The molecule has 182 valence electrons. The third-order valence-electron chi connectivity index (χ3n) is 6.15. The summed E-state index contributed by atoms with van der Waals surface area (Å²) in [5.41, 5.74) is 2.21. The highest BCUT2D eigenvalue weighted by molar-refractivity contribution is 5.91. The topological polar surface area (TPSA) is 105 Å². The fraction of sp³-hybridized carbons (Fsp3) is 0.500. The molecular weight excluding hydrogens is 434 g/mol. The SMILES string of the molecule is C#Cc1ccc(CNC(=O)[C@@H]2C[C@@H](O)CN2C(=O)[C@H](c2cc(C(C)C)no2)C(C)C)c(OC)c1. The number of rotatable bonds is 8. The Morgan fingerprint density at radius 3 is 2.65 bits per heavy atom. The molecule has 3 rings (SSSR count). The van der Waals surface area contributed by atoms with Gasteiger partial charge in [-0.3, -0.25) is 9.59 Å². The molecular formula is C26H33N3O5. The summed E-state index contributed by atoms with van der Waals surface area (Å²) in [6.45, 7) is 8.14. The van der Waals surface area contributed by atoms with Crippen LogP contribution in [0.3, 0.4) is 0 Å². The van der Waals surface area contributed by atoms with Crippen molar-refractivity contribution in [1.82, 2.24) is 15.4 Å². The third kappa shape index (κ3) is 5.42. The van der Waals surface area contributed by atoms with Gasteiger partial charge in [-0.05, 0) is 24.0 Å². The number of nitrogens with one attached hydrogen (secondary N) is 1. The maximum absolute atomic E-state index is 13.6. The number of nitrogens with zero attached hydrogens (tertiary/aromatic N) is 2. The fourth-order valence-corrected chi connectivity index (χ4v) is 4.22. The molecule has 1 fully saturated rings. The van der Waals surface area contributed by atoms with Crippen LogP contribution in [-0.4, -0.2) is 52.8 Å². The summed E-state index contributed by atoms with van der Waals surface area (Å²) in [6.07, 6.45) is 4.83. The minimum absolute atomic E-state index is 0.0825. The lowest BCUT2D eigenvalue weighted by atomic mass is 9.90. The van der Waals surface area contributed by atoms with Crippen molar-refractivity contribution in [3.8, 4) is 18.1 Å². The molecule has 1 saturated heterocycles. The molecule has 1 aliphatic heterocycles. The largest absolute Gasteiger partial charge is 0.496 e. The van der Waals surface area contributed by atoms with Gasteiger partial charge in [-0.15, -0.1) is 6.42 Å². The van der Waals surface area contributed by atoms with Crippen LogP contribution in [0.2, 0.25) is 0 Å². The van der Waals surface area contributed by atoms with Crippen molar-refractivity contribution in [3.05, 3.63) is 46.8 Å². The highest BCUT2D eigenvalue weighted by Crippen LogP contribution is 2.32. The molecule has 1 aliphatic rings. The van der Waals surface area contributed by atoms with Gasteiger partial charge in [-0.1, -0.05) is 44.8 Å². The summed E-state index contributed by atoms with van der Waals surface area (Å²) in [4.78, 5) is 28.1. The molecule has 2 aromatic rings. The number of carbonyl (C=O) groups is 2. The van der Waals surface area contributed by atoms with Crippen molar-refractivity contribution in [3.63, 3.8) is 0 Å². The van der Waals surface area contributed by atoms with E-state index in [0.29, 0.717) is 17.1 Å². The van der Waals surface area contributed by atoms with Crippen molar-refractivity contribution in [1.29, 1.82) is 0 Å². The van der Waals surface area contributed by atoms with Crippen molar-refractivity contribution in [2.75, 3.05) is 13.7 Å². The van der Waals surface area contributed by atoms with Crippen LogP contribution in [0, 0.1) is 18.3 Å². The lowest BCUT2D eigenvalue weighted by molar-refractivity contribution is -0.141. The first-order valence-electron chi connectivity index (χ1n) is 11.5. The van der Waals surface area contributed by atoms with E-state index in [1.807, 2.05) is 27.7 Å². The molecule has 0 radical (unpaired) electrons. The van der Waals surface area contributed by atoms with Gasteiger partial charge in [0.2, 0.25) is 11.8 Å². The number of hydrogen-bond donors (Lipinski definition) is 2. The number of aliphatic hydroxyl groups is 1. The van der Waals surface area contributed by atoms with Gasteiger partial charge in [-0.2, -0.15) is 0 Å². The first-order chi connectivity index (χ1) is 16.2. The van der Waals surface area contributed by atoms with Gasteiger partial charge in [0.15, 0.2) is 0 Å². The van der Waals surface area contributed by atoms with E-state index in [2.05, 4.69) is 16.4 Å². The Bertz CT molecular complexity index is 1070. The lowest BCUT2D eigenvalue weighted by Gasteiger charge is -2.28. The van der Waals surface area contributed by atoms with Crippen LogP contribution in [0.4, 0.5) is 0 Å². The Balaban J connectivity index is 1.77. The molecule has 0 unspecified atom stereocenters. The first-order valence-corrected chi connectivity index (χ1v) is 11.5. The van der Waals surface area contributed by atoms with Crippen LogP contribution in [0.25, 0.3) is 0 Å². The number of amides is 2. The van der Waals surface area contributed by atoms with Crippen molar-refractivity contribution >= 4 is 11.8 Å². The van der Waals surface area contributed by atoms with Crippen LogP contribution in [-0.2, 0) is 16.1 Å². The van der Waals surface area contributed by atoms with Crippen molar-refractivity contribution in [2.45, 2.75) is 64.6 Å². The number of methoxy groups -OCH3 is 1. The Hall–Kier alpha value is -3.31. The van der Waals surface area contributed by atoms with Gasteiger partial charge in [0.1, 0.15) is 23.5 Å². The van der Waals surface area contributed by atoms with Crippen LogP contribution in [0.15, 0.2) is 28.8 Å². The molecule has 0 bridgehead atoms. The Morgan fingerprint density at radius 1 is 1.32 bits per heavy atom. The van der Waals surface area contributed by atoms with E-state index in [1.165, 1.54) is 12.0 Å². The normalized spacial score (nSPS) is 18.7. The fourth-order valence-electron chi connectivity index (χ4n) is 4.22. The van der Waals surface area contributed by atoms with Crippen LogP contribution >= 0.6 is 0 Å². The van der Waals surface area contributed by atoms with Crippen LogP contribution in [0.1, 0.15) is 68.5 Å². The molecule has 0 spiro atoms. The molecule has 2 heterocycles. The third-order valence-corrected chi connectivity index (χ3v) is 6.15. The van der Waals surface area contributed by atoms with Gasteiger partial charge >= 0.3 is 0 Å². The molecule has 8 nitrogen and oxygen atoms in total. The van der Waals surface area contributed by atoms with E-state index in [0.717, 1.165) is 11.3 Å². The summed E-state index contributed by atoms with van der Waals surface area (Å²) in [5.74, 6) is 2.49. The minimum atomic E-state index is -0.785. The van der Waals surface area contributed by atoms with E-state index >= 15 is 0 Å². The van der Waals surface area contributed by atoms with E-state index < -0.39 is 18.1 Å². The smallest absolute Gasteiger partial charge is 0.243 e. The van der Waals surface area contributed by atoms with Crippen molar-refractivity contribution in [2.24, 2.45) is 5.92 Å². The molecule has 2 N–H and O–H groups in total. The maximum Gasteiger partial charge on any atom is 0.243 e. The maximum atomic E-state index is 13.6. The number of β-amino-alcohol motifs (C(OH)–C–C–N with tert-alkyl or cyclic N) is 1. The summed E-state index contributed by atoms with van der Waals surface area (Å²) < 4.78 is 10.9. The van der Waals surface area contributed by atoms with Crippen LogP contribution < -0.4 is 10.1 Å². The van der Waals surface area contributed by atoms with Crippen molar-refractivity contribution < 1.29 is 24.0 Å². The second kappa shape index (κ2) is 10.7. The Kier molecular flexibility index (Phi) is 8.00. The highest BCUT2D eigenvalue weighted by atomic mass is 16.5. The number of ether oxygens (including phenoxy) is 1. The second-order valence-electron chi connectivity index (χ2n) is 9.32. The van der Waals surface area contributed by atoms with Gasteiger partial charge in [0.25, 0.3) is 0 Å². The zero-order valence-electron chi connectivity index (χ0n) is 20.4. The summed E-state index contributed by atoms with van der Waals surface area (Å²) in [5, 5.41) is 17.3. The monoisotopic (exact) mass is 467 g/mol. The molecule has 0 saturated carbocycles. The number of aromatic nitrogens is 1. The molecule has 3 atom stereocenters. The van der Waals surface area contributed by atoms with Gasteiger partial charge < -0.3 is 24.6 Å². The number of benzene rings is 1. The Labute approximate surface area is 200 Å². The molecule has 1 aromatic heterocycles. The number of hydrogen-bond acceptors (Lipinski definition) is 6. The molecule has 34 heavy (non-hydrogen) atoms. The average Bonchev–Trinajstić information content (AvgIpc) is 3.44. The van der Waals surface area contributed by atoms with Gasteiger partial charge in [0, 0.05) is 36.7 Å². The number of aliphatic hydroxyl groups excluding tert-OH is 1. The number of carbonyl (C=O) groups excluding carboxylic acids is 2. The summed E-state index contributed by atoms with van der Waals surface area (Å²) >= 11 is 0. The highest BCUT2D eigenvalue weighted by Gasteiger charge is 2.43. The van der Waals surface area contributed by atoms with E-state index in [-0.39, 0.29) is 43.2 Å². The molecule has 0 aliphatic carbocycles. The number of terminal acetylenes is 1. The molecule has 8 heteroatoms. The van der Waals surface area contributed by atoms with E-state index in [9.17, 15) is 14.7 Å². The molecule has 1 aromatic carbocycles. The first kappa shape index (κ1) is 25.3.